The molecule has 6 nitrogen and oxygen atoms in total. The van der Waals surface area contributed by atoms with Gasteiger partial charge in [-0.3, -0.25) is 9.78 Å². The second kappa shape index (κ2) is 13.1. The summed E-state index contributed by atoms with van der Waals surface area (Å²) < 4.78 is 5.71. The maximum absolute atomic E-state index is 12.1. The molecule has 200 valence electrons. The number of hydrogen-bond acceptors (Lipinski definition) is 4. The molecule has 5 rings (SSSR count). The van der Waals surface area contributed by atoms with E-state index in [1.54, 1.807) is 0 Å². The van der Waals surface area contributed by atoms with Crippen LogP contribution in [0.3, 0.4) is 0 Å². The van der Waals surface area contributed by atoms with Gasteiger partial charge in [0.05, 0.1) is 18.7 Å². The number of carbonyl (C=O) groups excluding carboxylic acids is 1. The fourth-order valence-electron chi connectivity index (χ4n) is 5.34. The molecule has 0 unspecified atom stereocenters. The predicted molar refractivity (Wildman–Crippen MR) is 156 cm³/mol. The smallest absolute Gasteiger partial charge is 0.222 e. The van der Waals surface area contributed by atoms with Crippen molar-refractivity contribution in [3.8, 4) is 0 Å². The highest BCUT2D eigenvalue weighted by Gasteiger charge is 2.18. The van der Waals surface area contributed by atoms with E-state index in [0.717, 1.165) is 66.5 Å². The molecule has 0 fully saturated rings. The highest BCUT2D eigenvalue weighted by atomic mass is 35.5. The number of fused-ring (bicyclic) bond motifs is 3. The van der Waals surface area contributed by atoms with Crippen LogP contribution in [0.5, 0.6) is 0 Å². The Kier molecular flexibility index (Phi) is 9.15. The summed E-state index contributed by atoms with van der Waals surface area (Å²) in [6.07, 6.45) is 10.9. The van der Waals surface area contributed by atoms with E-state index in [1.807, 2.05) is 30.5 Å². The number of unbranched alkanes of at least 4 members (excludes halogenated alkanes) is 2. The van der Waals surface area contributed by atoms with E-state index >= 15 is 0 Å². The van der Waals surface area contributed by atoms with Crippen LogP contribution in [-0.2, 0) is 28.8 Å². The van der Waals surface area contributed by atoms with Crippen LogP contribution >= 0.6 is 11.6 Å². The van der Waals surface area contributed by atoms with Crippen LogP contribution in [0, 0.1) is 0 Å². The molecule has 0 bridgehead atoms. The zero-order chi connectivity index (χ0) is 26.2. The quantitative estimate of drug-likeness (QED) is 0.170. The number of nitrogens with zero attached hydrogens (tertiary/aromatic N) is 1. The number of amides is 1. The van der Waals surface area contributed by atoms with Gasteiger partial charge in [0.25, 0.3) is 0 Å². The minimum absolute atomic E-state index is 0.0590. The molecule has 38 heavy (non-hydrogen) atoms. The van der Waals surface area contributed by atoms with Crippen LogP contribution in [0.1, 0.15) is 55.3 Å². The summed E-state index contributed by atoms with van der Waals surface area (Å²) in [4.78, 5) is 20.3. The van der Waals surface area contributed by atoms with Crippen molar-refractivity contribution in [1.29, 1.82) is 0 Å². The van der Waals surface area contributed by atoms with Crippen molar-refractivity contribution >= 4 is 45.0 Å². The Bertz CT molecular complexity index is 1380. The van der Waals surface area contributed by atoms with Crippen LogP contribution < -0.4 is 10.6 Å². The normalized spacial score (nSPS) is 13.1. The summed E-state index contributed by atoms with van der Waals surface area (Å²) in [6, 6.07) is 14.3. The first-order valence-electron chi connectivity index (χ1n) is 13.9. The summed E-state index contributed by atoms with van der Waals surface area (Å²) >= 11 is 6.23. The van der Waals surface area contributed by atoms with E-state index in [9.17, 15) is 4.79 Å². The minimum Gasteiger partial charge on any atom is -0.384 e. The molecule has 0 saturated heterocycles. The summed E-state index contributed by atoms with van der Waals surface area (Å²) in [5.74, 6) is 0.0590. The third kappa shape index (κ3) is 6.66. The summed E-state index contributed by atoms with van der Waals surface area (Å²) in [5, 5.41) is 9.86. The maximum Gasteiger partial charge on any atom is 0.222 e. The first kappa shape index (κ1) is 26.5. The average molecular weight is 533 g/mol. The number of hydrogen-bond donors (Lipinski definition) is 3. The lowest BCUT2D eigenvalue weighted by atomic mass is 9.92. The predicted octanol–water partition coefficient (Wildman–Crippen LogP) is 6.60. The standard InChI is InChI=1S/C31H37ClN4O2/c32-23-12-13-26-29(20-23)36-28-11-5-3-9-25(28)31(26)34-17-7-1-6-16-33-30(37)15-19-38-18-14-22-21-35-27-10-4-2-8-24(22)27/h2,4,8,10,12-13,20-21,35H,1,3,5-7,9,11,14-19H2,(H,33,37)(H,34,36). The number of carbonyl (C=O) groups is 1. The van der Waals surface area contributed by atoms with Crippen molar-refractivity contribution in [2.45, 2.75) is 57.8 Å². The van der Waals surface area contributed by atoms with Crippen LogP contribution in [0.4, 0.5) is 5.69 Å². The van der Waals surface area contributed by atoms with Gasteiger partial charge in [0.15, 0.2) is 0 Å². The zero-order valence-electron chi connectivity index (χ0n) is 22.0. The Morgan fingerprint density at radius 3 is 2.82 bits per heavy atom. The molecule has 1 aliphatic rings. The summed E-state index contributed by atoms with van der Waals surface area (Å²) in [5.41, 5.74) is 7.21. The van der Waals surface area contributed by atoms with Gasteiger partial charge in [0, 0.05) is 58.4 Å². The van der Waals surface area contributed by atoms with Gasteiger partial charge >= 0.3 is 0 Å². The molecule has 0 saturated carbocycles. The lowest BCUT2D eigenvalue weighted by Gasteiger charge is -2.22. The number of benzene rings is 2. The number of rotatable bonds is 13. The highest BCUT2D eigenvalue weighted by Crippen LogP contribution is 2.34. The van der Waals surface area contributed by atoms with Gasteiger partial charge in [0.1, 0.15) is 0 Å². The summed E-state index contributed by atoms with van der Waals surface area (Å²) in [6.45, 7) is 2.69. The largest absolute Gasteiger partial charge is 0.384 e. The number of aromatic amines is 1. The second-order valence-electron chi connectivity index (χ2n) is 10.1. The zero-order valence-corrected chi connectivity index (χ0v) is 22.7. The van der Waals surface area contributed by atoms with E-state index in [4.69, 9.17) is 21.3 Å². The molecule has 4 aromatic rings. The van der Waals surface area contributed by atoms with Crippen molar-refractivity contribution in [2.24, 2.45) is 0 Å². The third-order valence-electron chi connectivity index (χ3n) is 7.37. The van der Waals surface area contributed by atoms with Crippen LogP contribution in [-0.4, -0.2) is 42.2 Å². The Labute approximate surface area is 229 Å². The Hall–Kier alpha value is -3.09. The number of halogens is 1. The van der Waals surface area contributed by atoms with Crippen LogP contribution in [0.2, 0.25) is 5.02 Å². The van der Waals surface area contributed by atoms with Gasteiger partial charge in [-0.25, -0.2) is 0 Å². The van der Waals surface area contributed by atoms with Crippen molar-refractivity contribution < 1.29 is 9.53 Å². The lowest BCUT2D eigenvalue weighted by Crippen LogP contribution is -2.25. The topological polar surface area (TPSA) is 79.0 Å². The Morgan fingerprint density at radius 1 is 1.00 bits per heavy atom. The molecule has 1 aliphatic carbocycles. The summed E-state index contributed by atoms with van der Waals surface area (Å²) in [7, 11) is 0. The number of H-pyrrole nitrogens is 1. The number of nitrogens with one attached hydrogen (secondary N) is 3. The number of ether oxygens (including phenoxy) is 1. The maximum atomic E-state index is 12.1. The Balaban J connectivity index is 0.962. The molecule has 0 radical (unpaired) electrons. The molecule has 2 heterocycles. The third-order valence-corrected chi connectivity index (χ3v) is 7.60. The molecule has 1 amide bonds. The van der Waals surface area contributed by atoms with Gasteiger partial charge in [-0.2, -0.15) is 0 Å². The SMILES string of the molecule is O=C(CCOCCc1c[nH]c2ccccc12)NCCCCCNc1c2c(nc3cc(Cl)ccc13)CCCC2. The van der Waals surface area contributed by atoms with E-state index < -0.39 is 0 Å². The monoisotopic (exact) mass is 532 g/mol. The molecule has 0 atom stereocenters. The van der Waals surface area contributed by atoms with Crippen LogP contribution in [0.25, 0.3) is 21.8 Å². The van der Waals surface area contributed by atoms with Gasteiger partial charge in [-0.05, 0) is 86.8 Å². The molecule has 0 spiro atoms. The molecule has 2 aromatic heterocycles. The van der Waals surface area contributed by atoms with Gasteiger partial charge in [0.2, 0.25) is 5.91 Å². The van der Waals surface area contributed by atoms with E-state index in [2.05, 4.69) is 33.8 Å². The highest BCUT2D eigenvalue weighted by molar-refractivity contribution is 6.31. The van der Waals surface area contributed by atoms with Crippen molar-refractivity contribution in [1.82, 2.24) is 15.3 Å². The first-order valence-corrected chi connectivity index (χ1v) is 14.3. The minimum atomic E-state index is 0.0590. The van der Waals surface area contributed by atoms with Gasteiger partial charge < -0.3 is 20.4 Å². The molecule has 3 N–H and O–H groups in total. The fraction of sp³-hybridized carbons (Fsp3) is 0.419. The van der Waals surface area contributed by atoms with Crippen LogP contribution in [0.15, 0.2) is 48.7 Å². The number of para-hydroxylation sites is 1. The first-order chi connectivity index (χ1) is 18.7. The molecular weight excluding hydrogens is 496 g/mol. The van der Waals surface area contributed by atoms with E-state index in [-0.39, 0.29) is 5.91 Å². The van der Waals surface area contributed by atoms with Crippen molar-refractivity contribution in [3.63, 3.8) is 0 Å². The van der Waals surface area contributed by atoms with Gasteiger partial charge in [-0.15, -0.1) is 0 Å². The molecular formula is C31H37ClN4O2. The van der Waals surface area contributed by atoms with E-state index in [0.29, 0.717) is 26.2 Å². The fourth-order valence-corrected chi connectivity index (χ4v) is 5.51. The molecule has 7 heteroatoms. The van der Waals surface area contributed by atoms with Gasteiger partial charge in [-0.1, -0.05) is 29.8 Å². The lowest BCUT2D eigenvalue weighted by molar-refractivity contribution is -0.122. The van der Waals surface area contributed by atoms with Crippen molar-refractivity contribution in [3.05, 3.63) is 70.5 Å². The molecule has 0 aliphatic heterocycles. The number of pyridine rings is 1. The average Bonchev–Trinajstić information content (AvgIpc) is 3.34. The Morgan fingerprint density at radius 2 is 1.87 bits per heavy atom. The number of aryl methyl sites for hydroxylation is 1. The van der Waals surface area contributed by atoms with E-state index in [1.165, 1.54) is 40.7 Å². The number of anilines is 1. The second-order valence-corrected chi connectivity index (χ2v) is 10.5. The number of aromatic nitrogens is 2. The molecule has 2 aromatic carbocycles. The van der Waals surface area contributed by atoms with Crippen molar-refractivity contribution in [2.75, 3.05) is 31.6 Å².